The molecule has 0 saturated carbocycles. The first-order valence-electron chi connectivity index (χ1n) is 9.19. The fourth-order valence-electron chi connectivity index (χ4n) is 3.23. The van der Waals surface area contributed by atoms with Gasteiger partial charge in [0.05, 0.1) is 42.4 Å². The van der Waals surface area contributed by atoms with Gasteiger partial charge >= 0.3 is 0 Å². The van der Waals surface area contributed by atoms with E-state index in [0.717, 1.165) is 10.7 Å². The molecular formula is C23H19NO5S. The molecule has 2 heterocycles. The number of hydrogen-bond donors (Lipinski definition) is 0. The third-order valence-corrected chi connectivity index (χ3v) is 5.77. The molecule has 152 valence electrons. The summed E-state index contributed by atoms with van der Waals surface area (Å²) in [5.41, 5.74) is 1.43. The van der Waals surface area contributed by atoms with Crippen LogP contribution in [0, 0.1) is 0 Å². The Balaban J connectivity index is 1.76. The maximum atomic E-state index is 13.4. The van der Waals surface area contributed by atoms with E-state index in [-0.39, 0.29) is 5.91 Å². The Hall–Kier alpha value is -3.45. The molecule has 4 rings (SSSR count). The normalized spacial score (nSPS) is 13.9. The summed E-state index contributed by atoms with van der Waals surface area (Å²) in [6.45, 7) is 0. The smallest absolute Gasteiger partial charge is 0.272 e. The van der Waals surface area contributed by atoms with E-state index in [4.69, 9.17) is 13.9 Å². The Morgan fingerprint density at radius 1 is 0.933 bits per heavy atom. The zero-order valence-electron chi connectivity index (χ0n) is 16.5. The van der Waals surface area contributed by atoms with Crippen LogP contribution < -0.4 is 14.4 Å². The average molecular weight is 421 g/mol. The average Bonchev–Trinajstić information content (AvgIpc) is 3.38. The van der Waals surface area contributed by atoms with Crippen molar-refractivity contribution in [3.8, 4) is 11.5 Å². The topological polar surface area (TPSA) is 69.0 Å². The Labute approximate surface area is 178 Å². The van der Waals surface area contributed by atoms with Crippen LogP contribution in [0.4, 0.5) is 5.69 Å². The van der Waals surface area contributed by atoms with Crippen molar-refractivity contribution >= 4 is 34.8 Å². The van der Waals surface area contributed by atoms with E-state index in [1.807, 2.05) is 36.4 Å². The van der Waals surface area contributed by atoms with Crippen LogP contribution in [0.3, 0.4) is 0 Å². The van der Waals surface area contributed by atoms with Gasteiger partial charge in [-0.3, -0.25) is 9.59 Å². The Bertz CT molecular complexity index is 1110. The number of furan rings is 1. The molecule has 30 heavy (non-hydrogen) atoms. The highest BCUT2D eigenvalue weighted by atomic mass is 32.2. The highest BCUT2D eigenvalue weighted by Gasteiger charge is 2.41. The molecule has 0 fully saturated rings. The minimum absolute atomic E-state index is 0.370. The van der Waals surface area contributed by atoms with Crippen LogP contribution >= 0.6 is 11.8 Å². The van der Waals surface area contributed by atoms with E-state index in [1.54, 1.807) is 37.6 Å². The molecule has 7 heteroatoms. The highest BCUT2D eigenvalue weighted by molar-refractivity contribution is 8.03. The van der Waals surface area contributed by atoms with Gasteiger partial charge in [0.15, 0.2) is 0 Å². The number of methoxy groups -OCH3 is 2. The van der Waals surface area contributed by atoms with Gasteiger partial charge in [-0.1, -0.05) is 30.3 Å². The maximum Gasteiger partial charge on any atom is 0.272 e. The SMILES string of the molecule is COc1ccc(N2C(=O)C(SCc3ccco3)=C(c3ccccc3)C2=O)c(OC)c1. The Morgan fingerprint density at radius 3 is 2.40 bits per heavy atom. The molecule has 6 nitrogen and oxygen atoms in total. The van der Waals surface area contributed by atoms with Crippen LogP contribution in [0.1, 0.15) is 11.3 Å². The lowest BCUT2D eigenvalue weighted by Crippen LogP contribution is -2.31. The monoisotopic (exact) mass is 421 g/mol. The van der Waals surface area contributed by atoms with Crippen molar-refractivity contribution in [3.05, 3.63) is 83.2 Å². The van der Waals surface area contributed by atoms with Crippen molar-refractivity contribution in [1.82, 2.24) is 0 Å². The maximum absolute atomic E-state index is 13.4. The van der Waals surface area contributed by atoms with Crippen LogP contribution in [-0.4, -0.2) is 26.0 Å². The first kappa shape index (κ1) is 19.8. The van der Waals surface area contributed by atoms with Crippen molar-refractivity contribution in [2.75, 3.05) is 19.1 Å². The van der Waals surface area contributed by atoms with Crippen molar-refractivity contribution in [2.45, 2.75) is 5.75 Å². The molecular weight excluding hydrogens is 402 g/mol. The van der Waals surface area contributed by atoms with Gasteiger partial charge in [0, 0.05) is 6.07 Å². The van der Waals surface area contributed by atoms with Crippen molar-refractivity contribution in [2.24, 2.45) is 0 Å². The summed E-state index contributed by atoms with van der Waals surface area (Å²) in [4.78, 5) is 28.4. The summed E-state index contributed by atoms with van der Waals surface area (Å²) >= 11 is 1.28. The molecule has 0 bridgehead atoms. The van der Waals surface area contributed by atoms with Gasteiger partial charge in [-0.05, 0) is 29.8 Å². The van der Waals surface area contributed by atoms with Crippen molar-refractivity contribution < 1.29 is 23.5 Å². The molecule has 0 N–H and O–H groups in total. The fraction of sp³-hybridized carbons (Fsp3) is 0.130. The van der Waals surface area contributed by atoms with Gasteiger partial charge in [-0.2, -0.15) is 0 Å². The molecule has 3 aromatic rings. The van der Waals surface area contributed by atoms with Crippen molar-refractivity contribution in [1.29, 1.82) is 0 Å². The second-order valence-corrected chi connectivity index (χ2v) is 7.41. The van der Waals surface area contributed by atoms with E-state index >= 15 is 0 Å². The summed E-state index contributed by atoms with van der Waals surface area (Å²) in [5.74, 6) is 1.32. The molecule has 0 radical (unpaired) electrons. The predicted octanol–water partition coefficient (Wildman–Crippen LogP) is 4.51. The van der Waals surface area contributed by atoms with Gasteiger partial charge in [0.1, 0.15) is 17.3 Å². The highest BCUT2D eigenvalue weighted by Crippen LogP contribution is 2.42. The largest absolute Gasteiger partial charge is 0.497 e. The van der Waals surface area contributed by atoms with Gasteiger partial charge in [-0.15, -0.1) is 11.8 Å². The summed E-state index contributed by atoms with van der Waals surface area (Å²) < 4.78 is 16.0. The first-order valence-corrected chi connectivity index (χ1v) is 10.2. The van der Waals surface area contributed by atoms with Gasteiger partial charge in [0.25, 0.3) is 11.8 Å². The first-order chi connectivity index (χ1) is 14.6. The van der Waals surface area contributed by atoms with E-state index in [9.17, 15) is 9.59 Å². The number of amides is 2. The summed E-state index contributed by atoms with van der Waals surface area (Å²) in [6, 6.07) is 17.8. The zero-order valence-corrected chi connectivity index (χ0v) is 17.3. The zero-order chi connectivity index (χ0) is 21.1. The molecule has 1 aliphatic heterocycles. The molecule has 0 atom stereocenters. The third kappa shape index (κ3) is 3.59. The number of carbonyl (C=O) groups is 2. The van der Waals surface area contributed by atoms with E-state index in [1.165, 1.54) is 18.9 Å². The molecule has 2 amide bonds. The van der Waals surface area contributed by atoms with Crippen LogP contribution in [-0.2, 0) is 15.3 Å². The van der Waals surface area contributed by atoms with Crippen LogP contribution in [0.15, 0.2) is 76.2 Å². The Morgan fingerprint density at radius 2 is 1.73 bits per heavy atom. The van der Waals surface area contributed by atoms with E-state index in [2.05, 4.69) is 0 Å². The molecule has 0 saturated heterocycles. The number of hydrogen-bond acceptors (Lipinski definition) is 6. The van der Waals surface area contributed by atoms with Crippen molar-refractivity contribution in [3.63, 3.8) is 0 Å². The summed E-state index contributed by atoms with van der Waals surface area (Å²) in [7, 11) is 3.03. The second kappa shape index (κ2) is 8.51. The van der Waals surface area contributed by atoms with Crippen LogP contribution in [0.2, 0.25) is 0 Å². The third-order valence-electron chi connectivity index (χ3n) is 4.67. The molecule has 1 aromatic heterocycles. The number of ether oxygens (including phenoxy) is 2. The van der Waals surface area contributed by atoms with Gasteiger partial charge in [0.2, 0.25) is 0 Å². The fourth-order valence-corrected chi connectivity index (χ4v) is 4.24. The molecule has 0 spiro atoms. The number of imide groups is 1. The number of carbonyl (C=O) groups excluding carboxylic acids is 2. The lowest BCUT2D eigenvalue weighted by atomic mass is 10.1. The standard InChI is InChI=1S/C23H19NO5S/c1-27-16-10-11-18(19(13-16)28-2)24-22(25)20(15-7-4-3-5-8-15)21(23(24)26)30-14-17-9-6-12-29-17/h3-13H,14H2,1-2H3. The van der Waals surface area contributed by atoms with E-state index < -0.39 is 5.91 Å². The van der Waals surface area contributed by atoms with Crippen LogP contribution in [0.25, 0.3) is 5.57 Å². The number of benzene rings is 2. The second-order valence-electron chi connectivity index (χ2n) is 6.42. The molecule has 1 aliphatic rings. The number of anilines is 1. The Kier molecular flexibility index (Phi) is 5.63. The lowest BCUT2D eigenvalue weighted by Gasteiger charge is -2.19. The number of thioether (sulfide) groups is 1. The summed E-state index contributed by atoms with van der Waals surface area (Å²) in [6.07, 6.45) is 1.58. The minimum atomic E-state index is -0.392. The predicted molar refractivity (Wildman–Crippen MR) is 115 cm³/mol. The van der Waals surface area contributed by atoms with Gasteiger partial charge in [-0.25, -0.2) is 4.90 Å². The number of nitrogens with zero attached hydrogens (tertiary/aromatic N) is 1. The molecule has 0 unspecified atom stereocenters. The molecule has 0 aliphatic carbocycles. The minimum Gasteiger partial charge on any atom is -0.497 e. The quantitative estimate of drug-likeness (QED) is 0.523. The summed E-state index contributed by atoms with van der Waals surface area (Å²) in [5, 5.41) is 0. The molecule has 2 aromatic carbocycles. The van der Waals surface area contributed by atoms with Gasteiger partial charge < -0.3 is 13.9 Å². The van der Waals surface area contributed by atoms with Crippen LogP contribution in [0.5, 0.6) is 11.5 Å². The number of rotatable bonds is 7. The van der Waals surface area contributed by atoms with E-state index in [0.29, 0.717) is 39.0 Å². The lowest BCUT2D eigenvalue weighted by molar-refractivity contribution is -0.119.